The Hall–Kier alpha value is -0.950. The maximum absolute atomic E-state index is 12.5. The lowest BCUT2D eigenvalue weighted by Crippen LogP contribution is -2.33. The zero-order valence-electron chi connectivity index (χ0n) is 10.1. The molecule has 0 saturated carbocycles. The number of sulfonamides is 1. The van der Waals surface area contributed by atoms with E-state index in [0.717, 1.165) is 0 Å². The van der Waals surface area contributed by atoms with Crippen molar-refractivity contribution in [3.05, 3.63) is 29.8 Å². The minimum atomic E-state index is -3.53. The molecule has 0 spiro atoms. The first-order valence-corrected chi connectivity index (χ1v) is 7.37. The molecule has 18 heavy (non-hydrogen) atoms. The summed E-state index contributed by atoms with van der Waals surface area (Å²) in [6, 6.07) is 6.55. The number of rotatable bonds is 3. The van der Waals surface area contributed by atoms with Gasteiger partial charge < -0.3 is 9.84 Å². The van der Waals surface area contributed by atoms with Gasteiger partial charge in [0.15, 0.2) is 0 Å². The van der Waals surface area contributed by atoms with Crippen LogP contribution in [0.15, 0.2) is 29.2 Å². The Morgan fingerprint density at radius 1 is 1.22 bits per heavy atom. The van der Waals surface area contributed by atoms with Gasteiger partial charge in [-0.2, -0.15) is 4.31 Å². The van der Waals surface area contributed by atoms with E-state index in [9.17, 15) is 13.5 Å². The van der Waals surface area contributed by atoms with E-state index in [-0.39, 0.29) is 11.5 Å². The molecule has 0 aromatic heterocycles. The quantitative estimate of drug-likeness (QED) is 0.873. The largest absolute Gasteiger partial charge is 0.392 e. The highest BCUT2D eigenvalue weighted by Gasteiger charge is 2.27. The van der Waals surface area contributed by atoms with E-state index in [1.165, 1.54) is 10.4 Å². The number of aliphatic hydroxyl groups excluding tert-OH is 1. The SMILES string of the molecule is O=S(=O)(c1ccccc1CO)N1CCCOCC1. The maximum Gasteiger partial charge on any atom is 0.243 e. The van der Waals surface area contributed by atoms with Gasteiger partial charge in [-0.25, -0.2) is 8.42 Å². The third kappa shape index (κ3) is 2.72. The second-order valence-electron chi connectivity index (χ2n) is 4.14. The van der Waals surface area contributed by atoms with Crippen LogP contribution in [0.25, 0.3) is 0 Å². The molecule has 1 fully saturated rings. The fourth-order valence-electron chi connectivity index (χ4n) is 1.99. The van der Waals surface area contributed by atoms with Crippen molar-refractivity contribution >= 4 is 10.0 Å². The highest BCUT2D eigenvalue weighted by molar-refractivity contribution is 7.89. The van der Waals surface area contributed by atoms with Crippen molar-refractivity contribution < 1.29 is 18.3 Å². The zero-order valence-corrected chi connectivity index (χ0v) is 10.9. The second-order valence-corrected chi connectivity index (χ2v) is 6.04. The number of ether oxygens (including phenoxy) is 1. The smallest absolute Gasteiger partial charge is 0.243 e. The van der Waals surface area contributed by atoms with Crippen LogP contribution in [-0.4, -0.2) is 44.1 Å². The Bertz CT molecular complexity index is 493. The van der Waals surface area contributed by atoms with Crippen molar-refractivity contribution in [3.8, 4) is 0 Å². The number of hydrogen-bond acceptors (Lipinski definition) is 4. The molecule has 0 aliphatic carbocycles. The minimum absolute atomic E-state index is 0.189. The van der Waals surface area contributed by atoms with E-state index in [0.29, 0.717) is 38.3 Å². The van der Waals surface area contributed by atoms with Gasteiger partial charge in [-0.15, -0.1) is 0 Å². The first-order chi connectivity index (χ1) is 8.66. The molecule has 0 atom stereocenters. The standard InChI is InChI=1S/C12H17NO4S/c14-10-11-4-1-2-5-12(11)18(15,16)13-6-3-8-17-9-7-13/h1-2,4-5,14H,3,6-10H2. The van der Waals surface area contributed by atoms with Gasteiger partial charge in [-0.3, -0.25) is 0 Å². The monoisotopic (exact) mass is 271 g/mol. The van der Waals surface area contributed by atoms with Crippen LogP contribution >= 0.6 is 0 Å². The second kappa shape index (κ2) is 5.79. The van der Waals surface area contributed by atoms with Crippen LogP contribution in [0, 0.1) is 0 Å². The van der Waals surface area contributed by atoms with Gasteiger partial charge in [0, 0.05) is 19.7 Å². The lowest BCUT2D eigenvalue weighted by molar-refractivity contribution is 0.148. The summed E-state index contributed by atoms with van der Waals surface area (Å²) in [5, 5.41) is 9.23. The third-order valence-corrected chi connectivity index (χ3v) is 4.94. The third-order valence-electron chi connectivity index (χ3n) is 2.94. The van der Waals surface area contributed by atoms with Gasteiger partial charge in [0.2, 0.25) is 10.0 Å². The Morgan fingerprint density at radius 3 is 2.78 bits per heavy atom. The highest BCUT2D eigenvalue weighted by Crippen LogP contribution is 2.21. The number of aliphatic hydroxyl groups is 1. The van der Waals surface area contributed by atoms with E-state index in [1.54, 1.807) is 18.2 Å². The molecule has 5 nitrogen and oxygen atoms in total. The molecule has 1 aromatic rings. The van der Waals surface area contributed by atoms with Gasteiger partial charge in [0.1, 0.15) is 0 Å². The molecule has 1 aromatic carbocycles. The molecule has 1 N–H and O–H groups in total. The molecule has 6 heteroatoms. The molecule has 0 amide bonds. The molecular formula is C12H17NO4S. The maximum atomic E-state index is 12.5. The molecule has 1 aliphatic rings. The summed E-state index contributed by atoms with van der Waals surface area (Å²) in [4.78, 5) is 0.189. The van der Waals surface area contributed by atoms with E-state index in [2.05, 4.69) is 0 Å². The van der Waals surface area contributed by atoms with Crippen molar-refractivity contribution in [2.24, 2.45) is 0 Å². The predicted molar refractivity (Wildman–Crippen MR) is 66.6 cm³/mol. The lowest BCUT2D eigenvalue weighted by Gasteiger charge is -2.20. The average molecular weight is 271 g/mol. The van der Waals surface area contributed by atoms with Crippen LogP contribution in [0.4, 0.5) is 0 Å². The predicted octanol–water partition coefficient (Wildman–Crippen LogP) is 0.590. The molecular weight excluding hydrogens is 254 g/mol. The first kappa shape index (κ1) is 13.5. The molecule has 2 rings (SSSR count). The molecule has 0 unspecified atom stereocenters. The van der Waals surface area contributed by atoms with Gasteiger partial charge in [0.25, 0.3) is 0 Å². The summed E-state index contributed by atoms with van der Waals surface area (Å²) < 4.78 is 31.6. The minimum Gasteiger partial charge on any atom is -0.392 e. The molecule has 0 radical (unpaired) electrons. The van der Waals surface area contributed by atoms with Gasteiger partial charge >= 0.3 is 0 Å². The Balaban J connectivity index is 2.34. The Kier molecular flexibility index (Phi) is 4.34. The van der Waals surface area contributed by atoms with Gasteiger partial charge in [0.05, 0.1) is 18.1 Å². The number of nitrogens with zero attached hydrogens (tertiary/aromatic N) is 1. The fraction of sp³-hybridized carbons (Fsp3) is 0.500. The van der Waals surface area contributed by atoms with E-state index >= 15 is 0 Å². The summed E-state index contributed by atoms with van der Waals surface area (Å²) in [5.41, 5.74) is 0.433. The van der Waals surface area contributed by atoms with Crippen molar-refractivity contribution in [3.63, 3.8) is 0 Å². The van der Waals surface area contributed by atoms with E-state index < -0.39 is 10.0 Å². The molecule has 1 aliphatic heterocycles. The van der Waals surface area contributed by atoms with Gasteiger partial charge in [-0.1, -0.05) is 18.2 Å². The van der Waals surface area contributed by atoms with Crippen molar-refractivity contribution in [2.75, 3.05) is 26.3 Å². The van der Waals surface area contributed by atoms with Crippen LogP contribution in [0.2, 0.25) is 0 Å². The summed E-state index contributed by atoms with van der Waals surface area (Å²) in [5.74, 6) is 0. The lowest BCUT2D eigenvalue weighted by atomic mass is 10.2. The zero-order chi connectivity index (χ0) is 13.0. The topological polar surface area (TPSA) is 66.8 Å². The molecule has 1 heterocycles. The van der Waals surface area contributed by atoms with E-state index in [1.807, 2.05) is 0 Å². The van der Waals surface area contributed by atoms with Crippen LogP contribution in [0.1, 0.15) is 12.0 Å². The van der Waals surface area contributed by atoms with Crippen molar-refractivity contribution in [1.29, 1.82) is 0 Å². The van der Waals surface area contributed by atoms with Crippen LogP contribution in [0.5, 0.6) is 0 Å². The Labute approximate surface area is 107 Å². The average Bonchev–Trinajstić information content (AvgIpc) is 2.68. The number of benzene rings is 1. The van der Waals surface area contributed by atoms with Crippen LogP contribution < -0.4 is 0 Å². The fourth-order valence-corrected chi connectivity index (χ4v) is 3.67. The van der Waals surface area contributed by atoms with Crippen LogP contribution in [0.3, 0.4) is 0 Å². The summed E-state index contributed by atoms with van der Waals surface area (Å²) in [6.45, 7) is 1.55. The summed E-state index contributed by atoms with van der Waals surface area (Å²) in [7, 11) is -3.53. The normalized spacial score (nSPS) is 18.5. The first-order valence-electron chi connectivity index (χ1n) is 5.93. The summed E-state index contributed by atoms with van der Waals surface area (Å²) in [6.07, 6.45) is 0.695. The summed E-state index contributed by atoms with van der Waals surface area (Å²) >= 11 is 0. The highest BCUT2D eigenvalue weighted by atomic mass is 32.2. The molecule has 0 bridgehead atoms. The van der Waals surface area contributed by atoms with Crippen LogP contribution in [-0.2, 0) is 21.4 Å². The Morgan fingerprint density at radius 2 is 2.00 bits per heavy atom. The van der Waals surface area contributed by atoms with E-state index in [4.69, 9.17) is 4.74 Å². The van der Waals surface area contributed by atoms with Crippen molar-refractivity contribution in [2.45, 2.75) is 17.9 Å². The number of hydrogen-bond donors (Lipinski definition) is 1. The molecule has 100 valence electrons. The van der Waals surface area contributed by atoms with Gasteiger partial charge in [-0.05, 0) is 18.1 Å². The molecule has 1 saturated heterocycles. The van der Waals surface area contributed by atoms with Crippen molar-refractivity contribution in [1.82, 2.24) is 4.31 Å².